The molecule has 0 saturated heterocycles. The van der Waals surface area contributed by atoms with E-state index in [2.05, 4.69) is 25.4 Å². The van der Waals surface area contributed by atoms with E-state index >= 15 is 0 Å². The van der Waals surface area contributed by atoms with Crippen molar-refractivity contribution < 1.29 is 22.7 Å². The number of nitrogens with one attached hydrogen (secondary N) is 1. The maximum atomic E-state index is 13.0. The number of carbonyl (C=O) groups is 1. The Morgan fingerprint density at radius 3 is 2.79 bits per heavy atom. The highest BCUT2D eigenvalue weighted by Crippen LogP contribution is 2.32. The predicted molar refractivity (Wildman–Crippen MR) is 112 cm³/mol. The van der Waals surface area contributed by atoms with Gasteiger partial charge in [0.1, 0.15) is 17.0 Å². The molecule has 0 saturated carbocycles. The lowest BCUT2D eigenvalue weighted by Gasteiger charge is -2.25. The molecule has 0 radical (unpaired) electrons. The van der Waals surface area contributed by atoms with E-state index in [1.54, 1.807) is 24.9 Å². The standard InChI is InChI=1S/C21H22F3N7O2/c1-20(25,19(32)28-12-9-27-31(2)10-12)17-14-4-3-5-15(14)29-18(30-17)16-8-13(6-7-26-16)33-11-21(22,23)24/h6-10H,3-5,11,25H2,1-2H3,(H,28,32). The molecule has 0 bridgehead atoms. The first kappa shape index (κ1) is 22.6. The van der Waals surface area contributed by atoms with Gasteiger partial charge in [-0.05, 0) is 37.8 Å². The minimum Gasteiger partial charge on any atom is -0.484 e. The summed E-state index contributed by atoms with van der Waals surface area (Å²) in [7, 11) is 1.72. The number of alkyl halides is 3. The Morgan fingerprint density at radius 1 is 1.30 bits per heavy atom. The van der Waals surface area contributed by atoms with Crippen LogP contribution in [0.5, 0.6) is 5.75 Å². The molecule has 1 amide bonds. The minimum atomic E-state index is -4.47. The monoisotopic (exact) mass is 461 g/mol. The maximum absolute atomic E-state index is 13.0. The fourth-order valence-electron chi connectivity index (χ4n) is 3.62. The van der Waals surface area contributed by atoms with E-state index in [1.807, 2.05) is 0 Å². The van der Waals surface area contributed by atoms with Crippen molar-refractivity contribution in [2.24, 2.45) is 12.8 Å². The first-order valence-electron chi connectivity index (χ1n) is 10.2. The van der Waals surface area contributed by atoms with Gasteiger partial charge in [-0.1, -0.05) is 0 Å². The average molecular weight is 461 g/mol. The number of hydrogen-bond acceptors (Lipinski definition) is 7. The lowest BCUT2D eigenvalue weighted by Crippen LogP contribution is -2.47. The summed E-state index contributed by atoms with van der Waals surface area (Å²) >= 11 is 0. The van der Waals surface area contributed by atoms with Crippen molar-refractivity contribution in [2.75, 3.05) is 11.9 Å². The molecule has 1 aliphatic carbocycles. The fraction of sp³-hybridized carbons (Fsp3) is 0.381. The van der Waals surface area contributed by atoms with Crippen LogP contribution in [-0.2, 0) is 30.2 Å². The van der Waals surface area contributed by atoms with Crippen LogP contribution < -0.4 is 15.8 Å². The highest BCUT2D eigenvalue weighted by molar-refractivity contribution is 5.98. The van der Waals surface area contributed by atoms with Crippen LogP contribution in [0.25, 0.3) is 11.5 Å². The molecule has 174 valence electrons. The Morgan fingerprint density at radius 2 is 2.09 bits per heavy atom. The average Bonchev–Trinajstić information content (AvgIpc) is 3.39. The summed E-state index contributed by atoms with van der Waals surface area (Å²) in [5.41, 5.74) is 7.57. The second kappa shape index (κ2) is 8.43. The number of anilines is 1. The topological polar surface area (TPSA) is 121 Å². The van der Waals surface area contributed by atoms with Gasteiger partial charge in [0.05, 0.1) is 17.6 Å². The van der Waals surface area contributed by atoms with E-state index in [-0.39, 0.29) is 17.3 Å². The molecular weight excluding hydrogens is 439 g/mol. The summed E-state index contributed by atoms with van der Waals surface area (Å²) in [6, 6.07) is 2.65. The van der Waals surface area contributed by atoms with Gasteiger partial charge in [-0.25, -0.2) is 9.97 Å². The number of nitrogens with two attached hydrogens (primary N) is 1. The smallest absolute Gasteiger partial charge is 0.422 e. The molecule has 12 heteroatoms. The summed E-state index contributed by atoms with van der Waals surface area (Å²) in [5, 5.41) is 6.76. The van der Waals surface area contributed by atoms with Gasteiger partial charge in [0.25, 0.3) is 0 Å². The Labute approximate surface area is 187 Å². The molecule has 0 aromatic carbocycles. The zero-order chi connectivity index (χ0) is 23.8. The molecule has 33 heavy (non-hydrogen) atoms. The molecule has 3 heterocycles. The van der Waals surface area contributed by atoms with E-state index in [0.29, 0.717) is 24.2 Å². The molecule has 0 aliphatic heterocycles. The van der Waals surface area contributed by atoms with Gasteiger partial charge in [0, 0.05) is 31.2 Å². The van der Waals surface area contributed by atoms with Crippen molar-refractivity contribution in [3.05, 3.63) is 47.7 Å². The normalized spacial score (nSPS) is 15.1. The predicted octanol–water partition coefficient (Wildman–Crippen LogP) is 2.51. The minimum absolute atomic E-state index is 0.0206. The number of hydrogen-bond donors (Lipinski definition) is 2. The summed E-state index contributed by atoms with van der Waals surface area (Å²) in [5.74, 6) is -0.341. The van der Waals surface area contributed by atoms with Gasteiger partial charge in [0.2, 0.25) is 5.91 Å². The molecule has 3 aromatic heterocycles. The Bertz CT molecular complexity index is 1190. The summed E-state index contributed by atoms with van der Waals surface area (Å²) < 4.78 is 43.9. The van der Waals surface area contributed by atoms with Crippen LogP contribution in [0.4, 0.5) is 18.9 Å². The molecule has 0 spiro atoms. The number of amides is 1. The highest BCUT2D eigenvalue weighted by atomic mass is 19.4. The third kappa shape index (κ3) is 4.95. The van der Waals surface area contributed by atoms with Crippen molar-refractivity contribution in [3.8, 4) is 17.3 Å². The lowest BCUT2D eigenvalue weighted by molar-refractivity contribution is -0.153. The quantitative estimate of drug-likeness (QED) is 0.579. The molecule has 3 N–H and O–H groups in total. The summed E-state index contributed by atoms with van der Waals surface area (Å²) in [6.45, 7) is 0.127. The first-order chi connectivity index (χ1) is 15.5. The van der Waals surface area contributed by atoms with Crippen LogP contribution in [0.15, 0.2) is 30.7 Å². The summed E-state index contributed by atoms with van der Waals surface area (Å²) in [4.78, 5) is 26.3. The van der Waals surface area contributed by atoms with Crippen LogP contribution in [0, 0.1) is 0 Å². The van der Waals surface area contributed by atoms with Crippen LogP contribution in [0.3, 0.4) is 0 Å². The van der Waals surface area contributed by atoms with E-state index in [4.69, 9.17) is 10.5 Å². The zero-order valence-electron chi connectivity index (χ0n) is 18.0. The van der Waals surface area contributed by atoms with Gasteiger partial charge in [-0.15, -0.1) is 0 Å². The van der Waals surface area contributed by atoms with Crippen molar-refractivity contribution in [3.63, 3.8) is 0 Å². The van der Waals surface area contributed by atoms with Gasteiger partial charge >= 0.3 is 6.18 Å². The fourth-order valence-corrected chi connectivity index (χ4v) is 3.62. The lowest BCUT2D eigenvalue weighted by atomic mass is 9.92. The van der Waals surface area contributed by atoms with Gasteiger partial charge in [-0.3, -0.25) is 14.5 Å². The third-order valence-electron chi connectivity index (χ3n) is 5.22. The first-order valence-corrected chi connectivity index (χ1v) is 10.2. The van der Waals surface area contributed by atoms with Crippen LogP contribution in [0.1, 0.15) is 30.3 Å². The van der Waals surface area contributed by atoms with Crippen molar-refractivity contribution in [1.29, 1.82) is 0 Å². The number of aromatic nitrogens is 5. The van der Waals surface area contributed by atoms with E-state index in [1.165, 1.54) is 24.5 Å². The SMILES string of the molecule is Cn1cc(NC(=O)C(C)(N)c2nc(-c3cc(OCC(F)(F)F)ccn3)nc3c2CCC3)cn1. The zero-order valence-corrected chi connectivity index (χ0v) is 18.0. The number of halogens is 3. The molecular formula is C21H22F3N7O2. The molecule has 1 atom stereocenters. The Kier molecular flexibility index (Phi) is 5.78. The second-order valence-electron chi connectivity index (χ2n) is 8.01. The molecule has 1 aliphatic rings. The number of fused-ring (bicyclic) bond motifs is 1. The van der Waals surface area contributed by atoms with Crippen molar-refractivity contribution in [1.82, 2.24) is 24.7 Å². The van der Waals surface area contributed by atoms with Crippen LogP contribution >= 0.6 is 0 Å². The maximum Gasteiger partial charge on any atom is 0.422 e. The number of carbonyl (C=O) groups excluding carboxylic acids is 1. The largest absolute Gasteiger partial charge is 0.484 e. The molecule has 0 fully saturated rings. The van der Waals surface area contributed by atoms with Crippen LogP contribution in [-0.4, -0.2) is 43.4 Å². The molecule has 9 nitrogen and oxygen atoms in total. The second-order valence-corrected chi connectivity index (χ2v) is 8.01. The van der Waals surface area contributed by atoms with Crippen molar-refractivity contribution >= 4 is 11.6 Å². The van der Waals surface area contributed by atoms with E-state index in [9.17, 15) is 18.0 Å². The van der Waals surface area contributed by atoms with E-state index in [0.717, 1.165) is 17.7 Å². The molecule has 3 aromatic rings. The number of rotatable bonds is 6. The molecule has 4 rings (SSSR count). The van der Waals surface area contributed by atoms with Gasteiger partial charge in [-0.2, -0.15) is 18.3 Å². The van der Waals surface area contributed by atoms with Crippen molar-refractivity contribution in [2.45, 2.75) is 37.9 Å². The Hall–Kier alpha value is -3.54. The number of ether oxygens (including phenoxy) is 1. The van der Waals surface area contributed by atoms with E-state index < -0.39 is 24.2 Å². The number of nitrogens with zero attached hydrogens (tertiary/aromatic N) is 5. The van der Waals surface area contributed by atoms with Gasteiger partial charge in [0.15, 0.2) is 12.4 Å². The Balaban J connectivity index is 1.68. The third-order valence-corrected chi connectivity index (χ3v) is 5.22. The highest BCUT2D eigenvalue weighted by Gasteiger charge is 2.37. The van der Waals surface area contributed by atoms with Gasteiger partial charge < -0.3 is 15.8 Å². The summed E-state index contributed by atoms with van der Waals surface area (Å²) in [6.07, 6.45) is 2.14. The number of pyridine rings is 1. The van der Waals surface area contributed by atoms with Crippen LogP contribution in [0.2, 0.25) is 0 Å². The molecule has 1 unspecified atom stereocenters. The number of aryl methyl sites for hydroxylation is 2.